The zero-order chi connectivity index (χ0) is 8.97. The van der Waals surface area contributed by atoms with Crippen molar-refractivity contribution in [2.75, 3.05) is 0 Å². The summed E-state index contributed by atoms with van der Waals surface area (Å²) in [6.07, 6.45) is 6.55. The molecule has 0 saturated heterocycles. The second kappa shape index (κ2) is 4.83. The molecule has 3 unspecified atom stereocenters. The summed E-state index contributed by atoms with van der Waals surface area (Å²) >= 11 is 0. The number of hydrogen-bond acceptors (Lipinski definition) is 2. The van der Waals surface area contributed by atoms with Gasteiger partial charge in [0.25, 0.3) is 0 Å². The molecule has 1 saturated carbocycles. The summed E-state index contributed by atoms with van der Waals surface area (Å²) in [4.78, 5) is 0. The zero-order valence-electron chi connectivity index (χ0n) is 8.00. The predicted octanol–water partition coefficient (Wildman–Crippen LogP) is 1.66. The van der Waals surface area contributed by atoms with Crippen molar-refractivity contribution >= 4 is 0 Å². The Morgan fingerprint density at radius 3 is 2.83 bits per heavy atom. The van der Waals surface area contributed by atoms with Crippen LogP contribution in [0.15, 0.2) is 0 Å². The van der Waals surface area contributed by atoms with Crippen LogP contribution in [0.5, 0.6) is 0 Å². The minimum absolute atomic E-state index is 0.0483. The molecule has 2 heteroatoms. The van der Waals surface area contributed by atoms with Gasteiger partial charge in [-0.1, -0.05) is 19.8 Å². The maximum atomic E-state index is 9.42. The van der Waals surface area contributed by atoms with Gasteiger partial charge in [0.05, 0.1) is 6.10 Å². The molecule has 2 nitrogen and oxygen atoms in total. The first-order chi connectivity index (χ1) is 5.72. The molecule has 0 bridgehead atoms. The average molecular weight is 171 g/mol. The van der Waals surface area contributed by atoms with Crippen molar-refractivity contribution < 1.29 is 5.11 Å². The summed E-state index contributed by atoms with van der Waals surface area (Å²) < 4.78 is 0. The standard InChI is InChI=1S/C10H21NO/c1-2-9(11)6-8-4-3-5-10(12)7-8/h8-10,12H,2-7,11H2,1H3. The van der Waals surface area contributed by atoms with Crippen LogP contribution in [0.4, 0.5) is 0 Å². The van der Waals surface area contributed by atoms with Gasteiger partial charge in [0, 0.05) is 6.04 Å². The maximum Gasteiger partial charge on any atom is 0.0542 e. The molecule has 0 heterocycles. The van der Waals surface area contributed by atoms with Gasteiger partial charge in [-0.3, -0.25) is 0 Å². The third-order valence-corrected chi connectivity index (χ3v) is 2.92. The Morgan fingerprint density at radius 1 is 1.50 bits per heavy atom. The van der Waals surface area contributed by atoms with Gasteiger partial charge < -0.3 is 10.8 Å². The lowest BCUT2D eigenvalue weighted by molar-refractivity contribution is 0.0958. The summed E-state index contributed by atoms with van der Waals surface area (Å²) in [6, 6.07) is 0.347. The zero-order valence-corrected chi connectivity index (χ0v) is 8.00. The van der Waals surface area contributed by atoms with Crippen LogP contribution in [-0.4, -0.2) is 17.3 Å². The first kappa shape index (κ1) is 10.0. The highest BCUT2D eigenvalue weighted by molar-refractivity contribution is 4.75. The van der Waals surface area contributed by atoms with Gasteiger partial charge in [-0.2, -0.15) is 0 Å². The van der Waals surface area contributed by atoms with E-state index in [0.29, 0.717) is 12.0 Å². The molecule has 0 amide bonds. The molecular formula is C10H21NO. The van der Waals surface area contributed by atoms with Gasteiger partial charge >= 0.3 is 0 Å². The highest BCUT2D eigenvalue weighted by Gasteiger charge is 2.21. The van der Waals surface area contributed by atoms with Gasteiger partial charge in [0.2, 0.25) is 0 Å². The molecule has 72 valence electrons. The number of rotatable bonds is 3. The Hall–Kier alpha value is -0.0800. The van der Waals surface area contributed by atoms with Crippen LogP contribution in [0.2, 0.25) is 0 Å². The molecule has 1 rings (SSSR count). The number of nitrogens with two attached hydrogens (primary N) is 1. The van der Waals surface area contributed by atoms with E-state index in [1.165, 1.54) is 12.8 Å². The fourth-order valence-corrected chi connectivity index (χ4v) is 2.07. The number of aliphatic hydroxyl groups is 1. The predicted molar refractivity (Wildman–Crippen MR) is 50.8 cm³/mol. The fraction of sp³-hybridized carbons (Fsp3) is 1.00. The molecule has 12 heavy (non-hydrogen) atoms. The monoisotopic (exact) mass is 171 g/mol. The maximum absolute atomic E-state index is 9.42. The Morgan fingerprint density at radius 2 is 2.25 bits per heavy atom. The molecule has 1 fully saturated rings. The summed E-state index contributed by atoms with van der Waals surface area (Å²) in [5.41, 5.74) is 5.87. The van der Waals surface area contributed by atoms with Crippen molar-refractivity contribution in [2.24, 2.45) is 11.7 Å². The molecule has 0 aromatic rings. The van der Waals surface area contributed by atoms with E-state index in [-0.39, 0.29) is 6.10 Å². The second-order valence-electron chi connectivity index (χ2n) is 4.09. The van der Waals surface area contributed by atoms with E-state index in [1.807, 2.05) is 0 Å². The van der Waals surface area contributed by atoms with E-state index in [4.69, 9.17) is 5.73 Å². The van der Waals surface area contributed by atoms with Gasteiger partial charge in [-0.25, -0.2) is 0 Å². The third kappa shape index (κ3) is 3.11. The normalized spacial score (nSPS) is 33.2. The Kier molecular flexibility index (Phi) is 4.02. The van der Waals surface area contributed by atoms with Crippen molar-refractivity contribution in [3.05, 3.63) is 0 Å². The van der Waals surface area contributed by atoms with E-state index in [1.54, 1.807) is 0 Å². The SMILES string of the molecule is CCC(N)CC1CCCC(O)C1. The molecule has 0 radical (unpaired) electrons. The molecule has 0 aromatic heterocycles. The van der Waals surface area contributed by atoms with Crippen LogP contribution in [0.25, 0.3) is 0 Å². The smallest absolute Gasteiger partial charge is 0.0542 e. The lowest BCUT2D eigenvalue weighted by Crippen LogP contribution is -2.27. The van der Waals surface area contributed by atoms with Crippen molar-refractivity contribution in [2.45, 2.75) is 57.6 Å². The van der Waals surface area contributed by atoms with E-state index in [0.717, 1.165) is 25.7 Å². The molecule has 0 aromatic carbocycles. The van der Waals surface area contributed by atoms with Crippen molar-refractivity contribution in [3.8, 4) is 0 Å². The number of hydrogen-bond donors (Lipinski definition) is 2. The minimum Gasteiger partial charge on any atom is -0.393 e. The largest absolute Gasteiger partial charge is 0.393 e. The lowest BCUT2D eigenvalue weighted by atomic mass is 9.83. The molecule has 1 aliphatic carbocycles. The van der Waals surface area contributed by atoms with Crippen molar-refractivity contribution in [3.63, 3.8) is 0 Å². The Balaban J connectivity index is 2.22. The molecule has 1 aliphatic rings. The summed E-state index contributed by atoms with van der Waals surface area (Å²) in [6.45, 7) is 2.13. The molecule has 0 spiro atoms. The summed E-state index contributed by atoms with van der Waals surface area (Å²) in [5.74, 6) is 0.684. The quantitative estimate of drug-likeness (QED) is 0.678. The van der Waals surface area contributed by atoms with Crippen molar-refractivity contribution in [1.82, 2.24) is 0 Å². The first-order valence-corrected chi connectivity index (χ1v) is 5.16. The van der Waals surface area contributed by atoms with E-state index in [9.17, 15) is 5.11 Å². The average Bonchev–Trinajstić information content (AvgIpc) is 2.04. The van der Waals surface area contributed by atoms with Crippen LogP contribution >= 0.6 is 0 Å². The van der Waals surface area contributed by atoms with Crippen LogP contribution in [0.3, 0.4) is 0 Å². The van der Waals surface area contributed by atoms with Gasteiger partial charge in [-0.15, -0.1) is 0 Å². The Labute approximate surface area is 75.2 Å². The van der Waals surface area contributed by atoms with Gasteiger partial charge in [0.15, 0.2) is 0 Å². The van der Waals surface area contributed by atoms with E-state index in [2.05, 4.69) is 6.92 Å². The van der Waals surface area contributed by atoms with Gasteiger partial charge in [-0.05, 0) is 31.6 Å². The molecule has 0 aliphatic heterocycles. The second-order valence-corrected chi connectivity index (χ2v) is 4.09. The summed E-state index contributed by atoms with van der Waals surface area (Å²) in [5, 5.41) is 9.42. The molecule has 3 N–H and O–H groups in total. The lowest BCUT2D eigenvalue weighted by Gasteiger charge is -2.27. The van der Waals surface area contributed by atoms with E-state index >= 15 is 0 Å². The minimum atomic E-state index is -0.0483. The van der Waals surface area contributed by atoms with Crippen LogP contribution in [0.1, 0.15) is 45.4 Å². The van der Waals surface area contributed by atoms with Gasteiger partial charge in [0.1, 0.15) is 0 Å². The highest BCUT2D eigenvalue weighted by Crippen LogP contribution is 2.27. The molecule has 3 atom stereocenters. The molecular weight excluding hydrogens is 150 g/mol. The fourth-order valence-electron chi connectivity index (χ4n) is 2.07. The Bertz CT molecular complexity index is 127. The topological polar surface area (TPSA) is 46.2 Å². The van der Waals surface area contributed by atoms with Crippen LogP contribution in [0, 0.1) is 5.92 Å². The van der Waals surface area contributed by atoms with Crippen LogP contribution in [-0.2, 0) is 0 Å². The van der Waals surface area contributed by atoms with Crippen molar-refractivity contribution in [1.29, 1.82) is 0 Å². The number of aliphatic hydroxyl groups excluding tert-OH is 1. The van der Waals surface area contributed by atoms with E-state index < -0.39 is 0 Å². The first-order valence-electron chi connectivity index (χ1n) is 5.16. The third-order valence-electron chi connectivity index (χ3n) is 2.92. The summed E-state index contributed by atoms with van der Waals surface area (Å²) in [7, 11) is 0. The highest BCUT2D eigenvalue weighted by atomic mass is 16.3. The van der Waals surface area contributed by atoms with Crippen LogP contribution < -0.4 is 5.73 Å².